The summed E-state index contributed by atoms with van der Waals surface area (Å²) in [7, 11) is 0. The second-order valence-corrected chi connectivity index (χ2v) is 5.31. The quantitative estimate of drug-likeness (QED) is 0.871. The van der Waals surface area contributed by atoms with Crippen LogP contribution >= 0.6 is 0 Å². The zero-order valence-electron chi connectivity index (χ0n) is 11.9. The molecule has 0 bridgehead atoms. The summed E-state index contributed by atoms with van der Waals surface area (Å²) >= 11 is 0. The summed E-state index contributed by atoms with van der Waals surface area (Å²) in [6, 6.07) is 0.522. The molecule has 18 heavy (non-hydrogen) atoms. The molecule has 1 aromatic heterocycles. The fourth-order valence-corrected chi connectivity index (χ4v) is 2.78. The monoisotopic (exact) mass is 250 g/mol. The minimum atomic E-state index is 0.522. The molecule has 0 aliphatic carbocycles. The van der Waals surface area contributed by atoms with Crippen molar-refractivity contribution in [3.8, 4) is 0 Å². The summed E-state index contributed by atoms with van der Waals surface area (Å²) in [5.74, 6) is 0.753. The Morgan fingerprint density at radius 3 is 2.94 bits per heavy atom. The Morgan fingerprint density at radius 2 is 2.28 bits per heavy atom. The van der Waals surface area contributed by atoms with Crippen molar-refractivity contribution < 1.29 is 0 Å². The molecule has 0 spiro atoms. The van der Waals surface area contributed by atoms with Crippen LogP contribution in [0.15, 0.2) is 12.4 Å². The van der Waals surface area contributed by atoms with E-state index >= 15 is 0 Å². The molecule has 4 heteroatoms. The molecule has 2 atom stereocenters. The van der Waals surface area contributed by atoms with E-state index in [0.29, 0.717) is 6.04 Å². The highest BCUT2D eigenvalue weighted by Crippen LogP contribution is 2.22. The molecule has 2 heterocycles. The van der Waals surface area contributed by atoms with Gasteiger partial charge in [0.25, 0.3) is 0 Å². The lowest BCUT2D eigenvalue weighted by atomic mass is 9.91. The third-order valence-electron chi connectivity index (χ3n) is 4.05. The van der Waals surface area contributed by atoms with Crippen LogP contribution in [0.1, 0.15) is 33.6 Å². The number of aromatic nitrogens is 2. The summed E-state index contributed by atoms with van der Waals surface area (Å²) in [4.78, 5) is 2.56. The molecule has 1 aliphatic rings. The first-order valence-corrected chi connectivity index (χ1v) is 7.24. The molecular formula is C14H26N4. The van der Waals surface area contributed by atoms with E-state index in [2.05, 4.69) is 42.3 Å². The highest BCUT2D eigenvalue weighted by Gasteiger charge is 2.23. The van der Waals surface area contributed by atoms with E-state index in [1.165, 1.54) is 32.5 Å². The summed E-state index contributed by atoms with van der Waals surface area (Å²) in [6.07, 6.45) is 6.70. The topological polar surface area (TPSA) is 33.1 Å². The van der Waals surface area contributed by atoms with Crippen LogP contribution in [0.25, 0.3) is 0 Å². The predicted octanol–water partition coefficient (Wildman–Crippen LogP) is 2.44. The van der Waals surface area contributed by atoms with Crippen LogP contribution in [0.5, 0.6) is 0 Å². The first kappa shape index (κ1) is 13.4. The van der Waals surface area contributed by atoms with Gasteiger partial charge in [-0.05, 0) is 45.7 Å². The number of aryl methyl sites for hydroxylation is 1. The summed E-state index contributed by atoms with van der Waals surface area (Å²) in [6.45, 7) is 11.3. The number of nitrogens with one attached hydrogen (secondary N) is 1. The molecular weight excluding hydrogens is 224 g/mol. The van der Waals surface area contributed by atoms with E-state index in [1.807, 2.05) is 10.9 Å². The number of likely N-dealkylation sites (tertiary alicyclic amines) is 1. The van der Waals surface area contributed by atoms with Gasteiger partial charge in [-0.2, -0.15) is 5.10 Å². The van der Waals surface area contributed by atoms with Crippen molar-refractivity contribution in [2.24, 2.45) is 5.92 Å². The summed E-state index contributed by atoms with van der Waals surface area (Å²) < 4.78 is 1.97. The molecule has 0 radical (unpaired) electrons. The Kier molecular flexibility index (Phi) is 4.64. The number of hydrogen-bond donors (Lipinski definition) is 1. The van der Waals surface area contributed by atoms with E-state index < -0.39 is 0 Å². The average Bonchev–Trinajstić information content (AvgIpc) is 2.86. The minimum absolute atomic E-state index is 0.522. The first-order valence-electron chi connectivity index (χ1n) is 7.24. The highest BCUT2D eigenvalue weighted by atomic mass is 15.3. The fourth-order valence-electron chi connectivity index (χ4n) is 2.78. The van der Waals surface area contributed by atoms with Gasteiger partial charge in [0.2, 0.25) is 0 Å². The number of nitrogens with zero attached hydrogens (tertiary/aromatic N) is 3. The third-order valence-corrected chi connectivity index (χ3v) is 4.05. The van der Waals surface area contributed by atoms with Crippen LogP contribution in [0.3, 0.4) is 0 Å². The van der Waals surface area contributed by atoms with Crippen molar-refractivity contribution in [2.45, 2.75) is 46.2 Å². The van der Waals surface area contributed by atoms with E-state index in [9.17, 15) is 0 Å². The van der Waals surface area contributed by atoms with Crippen LogP contribution in [0.4, 0.5) is 5.69 Å². The molecule has 0 amide bonds. The van der Waals surface area contributed by atoms with Crippen LogP contribution < -0.4 is 5.32 Å². The second kappa shape index (κ2) is 6.23. The molecule has 102 valence electrons. The Labute approximate surface area is 110 Å². The van der Waals surface area contributed by atoms with E-state index in [-0.39, 0.29) is 0 Å². The second-order valence-electron chi connectivity index (χ2n) is 5.31. The van der Waals surface area contributed by atoms with Gasteiger partial charge in [-0.1, -0.05) is 6.92 Å². The summed E-state index contributed by atoms with van der Waals surface area (Å²) in [5, 5.41) is 7.91. The maximum Gasteiger partial charge on any atom is 0.0728 e. The molecule has 0 saturated carbocycles. The standard InChI is InChI=1S/C14H26N4/c1-4-17-8-6-7-13(10-17)12(3)16-14-9-15-18(5-2)11-14/h9,11-13,16H,4-8,10H2,1-3H3. The van der Waals surface area contributed by atoms with Crippen LogP contribution in [0.2, 0.25) is 0 Å². The molecule has 1 N–H and O–H groups in total. The number of hydrogen-bond acceptors (Lipinski definition) is 3. The van der Waals surface area contributed by atoms with Gasteiger partial charge in [0, 0.05) is 25.3 Å². The number of anilines is 1. The van der Waals surface area contributed by atoms with Gasteiger partial charge in [0.1, 0.15) is 0 Å². The number of rotatable bonds is 5. The minimum Gasteiger partial charge on any atom is -0.380 e. The van der Waals surface area contributed by atoms with Gasteiger partial charge in [-0.25, -0.2) is 0 Å². The number of piperidine rings is 1. The van der Waals surface area contributed by atoms with Gasteiger partial charge in [-0.3, -0.25) is 4.68 Å². The summed E-state index contributed by atoms with van der Waals surface area (Å²) in [5.41, 5.74) is 1.15. The van der Waals surface area contributed by atoms with E-state index in [4.69, 9.17) is 0 Å². The highest BCUT2D eigenvalue weighted by molar-refractivity contribution is 5.39. The van der Waals surface area contributed by atoms with Crippen molar-refractivity contribution in [3.05, 3.63) is 12.4 Å². The van der Waals surface area contributed by atoms with Crippen molar-refractivity contribution in [3.63, 3.8) is 0 Å². The van der Waals surface area contributed by atoms with Gasteiger partial charge < -0.3 is 10.2 Å². The predicted molar refractivity (Wildman–Crippen MR) is 75.8 cm³/mol. The zero-order chi connectivity index (χ0) is 13.0. The molecule has 1 fully saturated rings. The largest absolute Gasteiger partial charge is 0.380 e. The first-order chi connectivity index (χ1) is 8.72. The van der Waals surface area contributed by atoms with E-state index in [1.54, 1.807) is 0 Å². The Hall–Kier alpha value is -1.03. The maximum absolute atomic E-state index is 4.31. The lowest BCUT2D eigenvalue weighted by molar-refractivity contribution is 0.172. The molecule has 1 aliphatic heterocycles. The van der Waals surface area contributed by atoms with Gasteiger partial charge in [0.05, 0.1) is 11.9 Å². The molecule has 2 unspecified atom stereocenters. The fraction of sp³-hybridized carbons (Fsp3) is 0.786. The molecule has 0 aromatic carbocycles. The Bertz CT molecular complexity index is 360. The van der Waals surface area contributed by atoms with Crippen molar-refractivity contribution >= 4 is 5.69 Å². The lowest BCUT2D eigenvalue weighted by Crippen LogP contribution is -2.41. The molecule has 1 saturated heterocycles. The van der Waals surface area contributed by atoms with Crippen molar-refractivity contribution in [1.29, 1.82) is 0 Å². The zero-order valence-corrected chi connectivity index (χ0v) is 11.9. The van der Waals surface area contributed by atoms with E-state index in [0.717, 1.165) is 18.2 Å². The van der Waals surface area contributed by atoms with Crippen molar-refractivity contribution in [1.82, 2.24) is 14.7 Å². The smallest absolute Gasteiger partial charge is 0.0728 e. The molecule has 2 rings (SSSR count). The molecule has 4 nitrogen and oxygen atoms in total. The maximum atomic E-state index is 4.31. The Morgan fingerprint density at radius 1 is 1.44 bits per heavy atom. The van der Waals surface area contributed by atoms with Gasteiger partial charge in [-0.15, -0.1) is 0 Å². The van der Waals surface area contributed by atoms with Crippen LogP contribution in [0, 0.1) is 5.92 Å². The van der Waals surface area contributed by atoms with Crippen LogP contribution in [-0.2, 0) is 6.54 Å². The van der Waals surface area contributed by atoms with Gasteiger partial charge >= 0.3 is 0 Å². The van der Waals surface area contributed by atoms with Gasteiger partial charge in [0.15, 0.2) is 0 Å². The Balaban J connectivity index is 1.88. The SMILES string of the molecule is CCN1CCCC(C(C)Nc2cnn(CC)c2)C1. The lowest BCUT2D eigenvalue weighted by Gasteiger charge is -2.35. The molecule has 1 aromatic rings. The average molecular weight is 250 g/mol. The van der Waals surface area contributed by atoms with Crippen molar-refractivity contribution in [2.75, 3.05) is 25.0 Å². The normalized spacial score (nSPS) is 22.9. The third kappa shape index (κ3) is 3.25. The van der Waals surface area contributed by atoms with Crippen LogP contribution in [-0.4, -0.2) is 40.4 Å².